The minimum atomic E-state index is -8.34. The number of nitrogens with zero attached hydrogens (tertiary/aromatic N) is 2. The third-order valence-electron chi connectivity index (χ3n) is 10.7. The highest BCUT2D eigenvalue weighted by Crippen LogP contribution is 2.63. The van der Waals surface area contributed by atoms with E-state index >= 15 is 17.6 Å². The van der Waals surface area contributed by atoms with E-state index in [1.54, 1.807) is 0 Å². The summed E-state index contributed by atoms with van der Waals surface area (Å²) in [5.41, 5.74) is 0.298. The van der Waals surface area contributed by atoms with Crippen LogP contribution in [0.3, 0.4) is 0 Å². The number of benzene rings is 2. The van der Waals surface area contributed by atoms with Crippen LogP contribution in [0.5, 0.6) is 0 Å². The molecule has 0 aliphatic carbocycles. The lowest BCUT2D eigenvalue weighted by Crippen LogP contribution is -2.70. The zero-order valence-corrected chi connectivity index (χ0v) is 33.6. The maximum absolute atomic E-state index is 15.3. The maximum Gasteiger partial charge on any atom is 0.460 e. The fourth-order valence-corrected chi connectivity index (χ4v) is 7.52. The molecule has 0 amide bonds. The second-order valence-corrected chi connectivity index (χ2v) is 15.6. The van der Waals surface area contributed by atoms with Crippen LogP contribution in [0, 0.1) is 41.5 Å². The molecule has 372 valence electrons. The normalized spacial score (nSPS) is 18.5. The molecule has 2 atom stereocenters. The monoisotopic (exact) mass is 999 g/mol. The Hall–Kier alpha value is -3.91. The first-order valence-electron chi connectivity index (χ1n) is 18.1. The highest BCUT2D eigenvalue weighted by molar-refractivity contribution is 5.83. The fourth-order valence-electron chi connectivity index (χ4n) is 7.52. The average molecular weight is 1000 g/mol. The summed E-state index contributed by atoms with van der Waals surface area (Å²) in [6, 6.07) is 0.230. The van der Waals surface area contributed by atoms with Gasteiger partial charge in [-0.2, -0.15) is 114 Å². The fraction of sp³-hybridized carbons (Fsp3) is 0.649. The third-order valence-corrected chi connectivity index (χ3v) is 10.7. The van der Waals surface area contributed by atoms with Gasteiger partial charge in [-0.15, -0.1) is 0 Å². The Bertz CT molecular complexity index is 2070. The van der Waals surface area contributed by atoms with E-state index in [1.807, 2.05) is 0 Å². The van der Waals surface area contributed by atoms with Crippen molar-refractivity contribution in [1.29, 1.82) is 0 Å². The molecule has 0 radical (unpaired) electrons. The number of hydrogen-bond acceptors (Lipinski definition) is 1. The molecule has 2 nitrogen and oxygen atoms in total. The van der Waals surface area contributed by atoms with Gasteiger partial charge in [0, 0.05) is 12.8 Å². The molecule has 0 N–H and O–H groups in total. The van der Waals surface area contributed by atoms with Crippen LogP contribution in [-0.2, 0) is 0 Å². The van der Waals surface area contributed by atoms with E-state index in [-0.39, 0.29) is 33.6 Å². The first-order chi connectivity index (χ1) is 28.6. The predicted octanol–water partition coefficient (Wildman–Crippen LogP) is 14.5. The average Bonchev–Trinajstić information content (AvgIpc) is 3.44. The first kappa shape index (κ1) is 55.4. The molecule has 0 fully saturated rings. The zero-order chi connectivity index (χ0) is 51.3. The van der Waals surface area contributed by atoms with Crippen molar-refractivity contribution in [2.45, 2.75) is 151 Å². The molecule has 0 saturated heterocycles. The second-order valence-electron chi connectivity index (χ2n) is 15.6. The van der Waals surface area contributed by atoms with E-state index in [0.29, 0.717) is 20.6 Å². The number of halogens is 26. The maximum atomic E-state index is 15.3. The SMILES string of the molecule is Cc1cc(C)c(N2C=[N+](c3c(C)cc(C)cc3C)C(CCC(F)(F)C(F)(F)C(F)(F)C(F)(F)C(F)(F)C(F)(F)F)C2CCC(F)(F)C(F)(F)C(F)(F)C(F)(F)C(F)(F)C(F)(F)F)c(C)c1. The van der Waals surface area contributed by atoms with Crippen LogP contribution in [0.15, 0.2) is 24.3 Å². The Balaban J connectivity index is 2.33. The molecule has 2 unspecified atom stereocenters. The molecule has 1 aliphatic heterocycles. The molecule has 0 bridgehead atoms. The van der Waals surface area contributed by atoms with Gasteiger partial charge in [0.1, 0.15) is 23.5 Å². The van der Waals surface area contributed by atoms with E-state index < -0.39 is 109 Å². The van der Waals surface area contributed by atoms with E-state index in [9.17, 15) is 96.6 Å². The van der Waals surface area contributed by atoms with Crippen LogP contribution < -0.4 is 4.90 Å². The van der Waals surface area contributed by atoms with Gasteiger partial charge in [0.25, 0.3) is 0 Å². The summed E-state index contributed by atoms with van der Waals surface area (Å²) < 4.78 is 366. The van der Waals surface area contributed by atoms with Gasteiger partial charge < -0.3 is 0 Å². The number of alkyl halides is 26. The van der Waals surface area contributed by atoms with E-state index in [0.717, 1.165) is 6.34 Å². The molecular formula is C37H33F26N2+. The van der Waals surface area contributed by atoms with Gasteiger partial charge in [-0.05, 0) is 76.6 Å². The van der Waals surface area contributed by atoms with Crippen LogP contribution in [-0.4, -0.2) is 94.6 Å². The van der Waals surface area contributed by atoms with Crippen molar-refractivity contribution >= 4 is 17.7 Å². The van der Waals surface area contributed by atoms with Gasteiger partial charge in [0.2, 0.25) is 6.34 Å². The van der Waals surface area contributed by atoms with Gasteiger partial charge in [-0.3, -0.25) is 0 Å². The summed E-state index contributed by atoms with van der Waals surface area (Å²) >= 11 is 0. The number of rotatable bonds is 16. The van der Waals surface area contributed by atoms with Crippen molar-refractivity contribution in [2.24, 2.45) is 0 Å². The van der Waals surface area contributed by atoms with Gasteiger partial charge in [-0.25, -0.2) is 9.48 Å². The Morgan fingerprint density at radius 2 is 0.692 bits per heavy atom. The largest absolute Gasteiger partial charge is 0.460 e. The number of anilines is 1. The van der Waals surface area contributed by atoms with Crippen molar-refractivity contribution in [3.8, 4) is 0 Å². The summed E-state index contributed by atoms with van der Waals surface area (Å²) in [6.07, 6.45) is -24.9. The molecule has 65 heavy (non-hydrogen) atoms. The summed E-state index contributed by atoms with van der Waals surface area (Å²) in [7, 11) is 0. The minimum absolute atomic E-state index is 0.0173. The van der Waals surface area contributed by atoms with Crippen LogP contribution in [0.2, 0.25) is 0 Å². The molecule has 2 aromatic carbocycles. The Morgan fingerprint density at radius 1 is 0.400 bits per heavy atom. The van der Waals surface area contributed by atoms with E-state index in [4.69, 9.17) is 0 Å². The van der Waals surface area contributed by atoms with Crippen LogP contribution in [0.25, 0.3) is 0 Å². The van der Waals surface area contributed by atoms with Crippen molar-refractivity contribution in [3.63, 3.8) is 0 Å². The summed E-state index contributed by atoms with van der Waals surface area (Å²) in [6.45, 7) is 7.77. The molecule has 3 rings (SSSR count). The lowest BCUT2D eigenvalue weighted by Gasteiger charge is -2.40. The van der Waals surface area contributed by atoms with Gasteiger partial charge >= 0.3 is 71.6 Å². The molecule has 0 spiro atoms. The van der Waals surface area contributed by atoms with Crippen molar-refractivity contribution in [1.82, 2.24) is 0 Å². The minimum Gasteiger partial charge on any atom is -0.226 e. The lowest BCUT2D eigenvalue weighted by atomic mass is 9.87. The summed E-state index contributed by atoms with van der Waals surface area (Å²) in [5.74, 6) is -78.9. The highest BCUT2D eigenvalue weighted by Gasteiger charge is 2.92. The molecule has 28 heteroatoms. The number of hydrogen-bond donors (Lipinski definition) is 0. The topological polar surface area (TPSA) is 6.25 Å². The van der Waals surface area contributed by atoms with Crippen LogP contribution >= 0.6 is 0 Å². The van der Waals surface area contributed by atoms with Gasteiger partial charge in [0.05, 0.1) is 0 Å². The van der Waals surface area contributed by atoms with Crippen LogP contribution in [0.1, 0.15) is 59.1 Å². The van der Waals surface area contributed by atoms with Gasteiger partial charge in [-0.1, -0.05) is 35.4 Å². The van der Waals surface area contributed by atoms with E-state index in [1.165, 1.54) is 65.8 Å². The third kappa shape index (κ3) is 8.54. The summed E-state index contributed by atoms with van der Waals surface area (Å²) in [5, 5.41) is 0. The zero-order valence-electron chi connectivity index (χ0n) is 33.6. The first-order valence-corrected chi connectivity index (χ1v) is 18.1. The molecule has 1 heterocycles. The quantitative estimate of drug-likeness (QED) is 0.120. The number of aryl methyl sites for hydroxylation is 6. The Morgan fingerprint density at radius 3 is 1.02 bits per heavy atom. The molecule has 1 aliphatic rings. The predicted molar refractivity (Wildman–Crippen MR) is 177 cm³/mol. The Labute approximate surface area is 350 Å². The molecule has 0 saturated carbocycles. The second kappa shape index (κ2) is 16.4. The lowest BCUT2D eigenvalue weighted by molar-refractivity contribution is -0.479. The molecule has 0 aromatic heterocycles. The Kier molecular flexibility index (Phi) is 14.0. The highest BCUT2D eigenvalue weighted by atomic mass is 19.4. The standard InChI is InChI=1S/C37H33F26N2/c1-16-11-18(3)24(19(4)12-16)64-15-65(25-20(5)13-17(2)14-21(25)6)23(8-10-27(40,41)29(44,45)31(48,49)33(52,53)35(56,57)37(61,62)63)22(64)7-9-26(38,39)28(42,43)30(46,47)32(50,51)34(54,55)36(58,59)60/h11-15,22-23H,7-10H2,1-6H3/q+1. The van der Waals surface area contributed by atoms with Gasteiger partial charge in [0.15, 0.2) is 0 Å². The summed E-state index contributed by atoms with van der Waals surface area (Å²) in [4.78, 5) is 0.662. The van der Waals surface area contributed by atoms with Crippen molar-refractivity contribution in [3.05, 3.63) is 57.6 Å². The molecule has 2 aromatic rings. The van der Waals surface area contributed by atoms with Crippen LogP contribution in [0.4, 0.5) is 126 Å². The van der Waals surface area contributed by atoms with E-state index in [2.05, 4.69) is 0 Å². The molecular weight excluding hydrogens is 966 g/mol. The van der Waals surface area contributed by atoms with Crippen molar-refractivity contribution in [2.75, 3.05) is 4.90 Å². The van der Waals surface area contributed by atoms with Crippen molar-refractivity contribution < 1.29 is 119 Å². The smallest absolute Gasteiger partial charge is 0.226 e.